The van der Waals surface area contributed by atoms with Crippen LogP contribution in [0.25, 0.3) is 10.9 Å². The first-order chi connectivity index (χ1) is 9.79. The van der Waals surface area contributed by atoms with Crippen LogP contribution in [0.4, 0.5) is 0 Å². The first-order valence-corrected chi connectivity index (χ1v) is 7.20. The Labute approximate surface area is 118 Å². The van der Waals surface area contributed by atoms with E-state index in [0.29, 0.717) is 6.54 Å². The number of fused-ring (bicyclic) bond motifs is 1. The van der Waals surface area contributed by atoms with Crippen molar-refractivity contribution in [1.29, 1.82) is 0 Å². The van der Waals surface area contributed by atoms with Gasteiger partial charge < -0.3 is 9.30 Å². The summed E-state index contributed by atoms with van der Waals surface area (Å²) in [6.07, 6.45) is 1.99. The molecule has 2 heterocycles. The quantitative estimate of drug-likeness (QED) is 0.800. The average molecular weight is 272 g/mol. The van der Waals surface area contributed by atoms with Crippen LogP contribution in [0, 0.1) is 0 Å². The van der Waals surface area contributed by atoms with Gasteiger partial charge in [0.1, 0.15) is 0 Å². The number of rotatable bonds is 4. The number of benzene rings is 1. The first kappa shape index (κ1) is 13.3. The van der Waals surface area contributed by atoms with Crippen LogP contribution in [0.15, 0.2) is 30.5 Å². The molecule has 1 aromatic carbocycles. The molecule has 2 aromatic rings. The van der Waals surface area contributed by atoms with Crippen LogP contribution in [-0.4, -0.2) is 48.1 Å². The summed E-state index contributed by atoms with van der Waals surface area (Å²) in [5, 5.41) is 1.06. The van der Waals surface area contributed by atoms with Crippen molar-refractivity contribution >= 4 is 16.7 Å². The van der Waals surface area contributed by atoms with Crippen LogP contribution in [0.1, 0.15) is 17.3 Å². The molecule has 1 aliphatic heterocycles. The first-order valence-electron chi connectivity index (χ1n) is 7.20. The second-order valence-corrected chi connectivity index (χ2v) is 5.16. The van der Waals surface area contributed by atoms with Crippen LogP contribution in [0.3, 0.4) is 0 Å². The smallest absolute Gasteiger partial charge is 0.178 e. The molecule has 0 saturated carbocycles. The Balaban J connectivity index is 1.87. The predicted octanol–water partition coefficient (Wildman–Crippen LogP) is 2.18. The maximum atomic E-state index is 12.6. The number of ether oxygens (including phenoxy) is 1. The van der Waals surface area contributed by atoms with E-state index in [4.69, 9.17) is 4.74 Å². The molecule has 0 unspecified atom stereocenters. The van der Waals surface area contributed by atoms with Crippen molar-refractivity contribution in [3.8, 4) is 0 Å². The van der Waals surface area contributed by atoms with Crippen LogP contribution in [0.2, 0.25) is 0 Å². The fourth-order valence-corrected chi connectivity index (χ4v) is 2.78. The molecule has 3 rings (SSSR count). The summed E-state index contributed by atoms with van der Waals surface area (Å²) < 4.78 is 7.46. The van der Waals surface area contributed by atoms with Crippen molar-refractivity contribution in [2.45, 2.75) is 13.5 Å². The van der Waals surface area contributed by atoms with Gasteiger partial charge in [0, 0.05) is 42.3 Å². The number of nitrogens with zero attached hydrogens (tertiary/aromatic N) is 2. The van der Waals surface area contributed by atoms with Gasteiger partial charge in [-0.15, -0.1) is 0 Å². The Morgan fingerprint density at radius 1 is 1.25 bits per heavy atom. The number of aromatic nitrogens is 1. The van der Waals surface area contributed by atoms with Crippen LogP contribution >= 0.6 is 0 Å². The molecule has 1 fully saturated rings. The number of carbonyl (C=O) groups excluding carboxylic acids is 1. The van der Waals surface area contributed by atoms with Crippen LogP contribution in [0.5, 0.6) is 0 Å². The Hall–Kier alpha value is -1.65. The highest BCUT2D eigenvalue weighted by molar-refractivity contribution is 6.09. The van der Waals surface area contributed by atoms with E-state index in [1.807, 2.05) is 24.4 Å². The van der Waals surface area contributed by atoms with Crippen molar-refractivity contribution < 1.29 is 9.53 Å². The minimum atomic E-state index is 0.204. The fraction of sp³-hybridized carbons (Fsp3) is 0.438. The Morgan fingerprint density at radius 3 is 2.75 bits per heavy atom. The lowest BCUT2D eigenvalue weighted by atomic mass is 10.1. The number of morpholine rings is 1. The van der Waals surface area contributed by atoms with Crippen LogP contribution in [-0.2, 0) is 11.3 Å². The molecular weight excluding hydrogens is 252 g/mol. The van der Waals surface area contributed by atoms with Gasteiger partial charge in [-0.3, -0.25) is 9.69 Å². The SMILES string of the molecule is CCn1cc(C(=O)CN2CCOCC2)c2ccccc21. The van der Waals surface area contributed by atoms with E-state index in [1.165, 1.54) is 0 Å². The highest BCUT2D eigenvalue weighted by Gasteiger charge is 2.18. The van der Waals surface area contributed by atoms with Gasteiger partial charge in [0.25, 0.3) is 0 Å². The lowest BCUT2D eigenvalue weighted by molar-refractivity contribution is 0.0371. The molecule has 20 heavy (non-hydrogen) atoms. The summed E-state index contributed by atoms with van der Waals surface area (Å²) in [6, 6.07) is 8.12. The standard InChI is InChI=1S/C16H20N2O2/c1-2-18-11-14(13-5-3-4-6-15(13)18)16(19)12-17-7-9-20-10-8-17/h3-6,11H,2,7-10,12H2,1H3. The Kier molecular flexibility index (Phi) is 3.85. The van der Waals surface area contributed by atoms with Gasteiger partial charge in [-0.25, -0.2) is 0 Å². The zero-order chi connectivity index (χ0) is 13.9. The number of carbonyl (C=O) groups is 1. The summed E-state index contributed by atoms with van der Waals surface area (Å²) in [4.78, 5) is 14.7. The van der Waals surface area contributed by atoms with Gasteiger partial charge in [0.05, 0.1) is 19.8 Å². The molecule has 1 aromatic heterocycles. The topological polar surface area (TPSA) is 34.5 Å². The molecule has 1 aliphatic rings. The van der Waals surface area contributed by atoms with Crippen molar-refractivity contribution in [3.63, 3.8) is 0 Å². The molecule has 4 nitrogen and oxygen atoms in total. The monoisotopic (exact) mass is 272 g/mol. The minimum Gasteiger partial charge on any atom is -0.379 e. The molecule has 0 bridgehead atoms. The van der Waals surface area contributed by atoms with Gasteiger partial charge in [0.2, 0.25) is 0 Å². The predicted molar refractivity (Wildman–Crippen MR) is 79.2 cm³/mol. The number of para-hydroxylation sites is 1. The maximum Gasteiger partial charge on any atom is 0.178 e. The minimum absolute atomic E-state index is 0.204. The summed E-state index contributed by atoms with van der Waals surface area (Å²) in [6.45, 7) is 6.61. The van der Waals surface area contributed by atoms with Crippen molar-refractivity contribution in [2.24, 2.45) is 0 Å². The Bertz CT molecular complexity index is 612. The third-order valence-corrected chi connectivity index (χ3v) is 3.90. The van der Waals surface area contributed by atoms with Gasteiger partial charge in [0.15, 0.2) is 5.78 Å². The summed E-state index contributed by atoms with van der Waals surface area (Å²) >= 11 is 0. The highest BCUT2D eigenvalue weighted by atomic mass is 16.5. The number of hydrogen-bond acceptors (Lipinski definition) is 3. The normalized spacial score (nSPS) is 16.6. The summed E-state index contributed by atoms with van der Waals surface area (Å²) in [5.74, 6) is 0.204. The van der Waals surface area contributed by atoms with Gasteiger partial charge >= 0.3 is 0 Å². The molecule has 4 heteroatoms. The molecule has 0 amide bonds. The van der Waals surface area contributed by atoms with E-state index in [-0.39, 0.29) is 5.78 Å². The van der Waals surface area contributed by atoms with Crippen molar-refractivity contribution in [2.75, 3.05) is 32.8 Å². The zero-order valence-electron chi connectivity index (χ0n) is 11.8. The van der Waals surface area contributed by atoms with E-state index in [0.717, 1.165) is 49.3 Å². The molecule has 0 N–H and O–H groups in total. The number of aryl methyl sites for hydroxylation is 1. The fourth-order valence-electron chi connectivity index (χ4n) is 2.78. The lowest BCUT2D eigenvalue weighted by Crippen LogP contribution is -2.39. The number of Topliss-reactive ketones (excluding diaryl/α,β-unsaturated/α-hetero) is 1. The average Bonchev–Trinajstić information content (AvgIpc) is 2.87. The van der Waals surface area contributed by atoms with Gasteiger partial charge in [-0.05, 0) is 13.0 Å². The largest absolute Gasteiger partial charge is 0.379 e. The number of hydrogen-bond donors (Lipinski definition) is 0. The molecule has 0 aliphatic carbocycles. The molecular formula is C16H20N2O2. The molecule has 0 spiro atoms. The van der Waals surface area contributed by atoms with Gasteiger partial charge in [-0.2, -0.15) is 0 Å². The van der Waals surface area contributed by atoms with Crippen LogP contribution < -0.4 is 0 Å². The van der Waals surface area contributed by atoms with E-state index >= 15 is 0 Å². The zero-order valence-corrected chi connectivity index (χ0v) is 11.8. The third kappa shape index (κ3) is 2.49. The van der Waals surface area contributed by atoms with Crippen molar-refractivity contribution in [3.05, 3.63) is 36.0 Å². The molecule has 0 atom stereocenters. The third-order valence-electron chi connectivity index (χ3n) is 3.90. The Morgan fingerprint density at radius 2 is 2.00 bits per heavy atom. The second-order valence-electron chi connectivity index (χ2n) is 5.16. The van der Waals surface area contributed by atoms with E-state index < -0.39 is 0 Å². The second kappa shape index (κ2) is 5.77. The van der Waals surface area contributed by atoms with E-state index in [1.54, 1.807) is 0 Å². The van der Waals surface area contributed by atoms with Gasteiger partial charge in [-0.1, -0.05) is 18.2 Å². The van der Waals surface area contributed by atoms with Crippen molar-refractivity contribution in [1.82, 2.24) is 9.47 Å². The highest BCUT2D eigenvalue weighted by Crippen LogP contribution is 2.22. The molecule has 0 radical (unpaired) electrons. The lowest BCUT2D eigenvalue weighted by Gasteiger charge is -2.25. The molecule has 106 valence electrons. The molecule has 1 saturated heterocycles. The number of ketones is 1. The summed E-state index contributed by atoms with van der Waals surface area (Å²) in [7, 11) is 0. The summed E-state index contributed by atoms with van der Waals surface area (Å²) in [5.41, 5.74) is 1.98. The van der Waals surface area contributed by atoms with E-state index in [2.05, 4.69) is 22.5 Å². The van der Waals surface area contributed by atoms with E-state index in [9.17, 15) is 4.79 Å². The maximum absolute atomic E-state index is 12.6.